The molecule has 0 bridgehead atoms. The fourth-order valence-corrected chi connectivity index (χ4v) is 1.95. The molecule has 0 aromatic carbocycles. The Kier molecular flexibility index (Phi) is 3.94. The first-order valence-electron chi connectivity index (χ1n) is 6.44. The van der Waals surface area contributed by atoms with Crippen LogP contribution in [0.2, 0.25) is 0 Å². The number of carbonyl (C=O) groups excluding carboxylic acids is 1. The van der Waals surface area contributed by atoms with Gasteiger partial charge in [-0.1, -0.05) is 13.8 Å². The van der Waals surface area contributed by atoms with Gasteiger partial charge in [-0.25, -0.2) is 9.48 Å². The molecule has 0 aliphatic carbocycles. The highest BCUT2D eigenvalue weighted by molar-refractivity contribution is 5.99. The Morgan fingerprint density at radius 3 is 2.79 bits per heavy atom. The van der Waals surface area contributed by atoms with Gasteiger partial charge in [0.1, 0.15) is 11.4 Å². The van der Waals surface area contributed by atoms with Crippen molar-refractivity contribution in [3.63, 3.8) is 0 Å². The molecule has 0 radical (unpaired) electrons. The third-order valence-corrected chi connectivity index (χ3v) is 3.04. The lowest BCUT2D eigenvalue weighted by molar-refractivity contribution is 0.0603. The van der Waals surface area contributed by atoms with Crippen molar-refractivity contribution >= 4 is 17.6 Å². The molecule has 7 heteroatoms. The quantitative estimate of drug-likeness (QED) is 0.664. The highest BCUT2D eigenvalue weighted by Crippen LogP contribution is 2.24. The minimum absolute atomic E-state index is 0.283. The van der Waals surface area contributed by atoms with Gasteiger partial charge in [-0.2, -0.15) is 5.10 Å². The first-order valence-corrected chi connectivity index (χ1v) is 6.44. The molecule has 1 aliphatic rings. The predicted molar refractivity (Wildman–Crippen MR) is 73.1 cm³/mol. The van der Waals surface area contributed by atoms with E-state index in [0.29, 0.717) is 29.7 Å². The van der Waals surface area contributed by atoms with E-state index in [0.717, 1.165) is 13.1 Å². The molecule has 0 amide bonds. The summed E-state index contributed by atoms with van der Waals surface area (Å²) in [6.45, 7) is 6.53. The van der Waals surface area contributed by atoms with E-state index in [1.165, 1.54) is 7.11 Å². The molecule has 1 aromatic rings. The van der Waals surface area contributed by atoms with Crippen LogP contribution in [-0.2, 0) is 11.3 Å². The lowest BCUT2D eigenvalue weighted by atomic mass is 10.1. The molecule has 19 heavy (non-hydrogen) atoms. The van der Waals surface area contributed by atoms with Gasteiger partial charge in [0.2, 0.25) is 0 Å². The summed E-state index contributed by atoms with van der Waals surface area (Å²) >= 11 is 0. The van der Waals surface area contributed by atoms with Gasteiger partial charge >= 0.3 is 5.97 Å². The monoisotopic (exact) mass is 267 g/mol. The Morgan fingerprint density at radius 1 is 1.63 bits per heavy atom. The number of nitrogens with two attached hydrogens (primary N) is 1. The highest BCUT2D eigenvalue weighted by atomic mass is 16.5. The number of hydrogen-bond acceptors (Lipinski definition) is 6. The Hall–Kier alpha value is -1.76. The first kappa shape index (κ1) is 13.7. The zero-order chi connectivity index (χ0) is 14.0. The fourth-order valence-electron chi connectivity index (χ4n) is 1.95. The molecule has 1 fully saturated rings. The zero-order valence-electron chi connectivity index (χ0n) is 11.6. The van der Waals surface area contributed by atoms with Crippen LogP contribution >= 0.6 is 0 Å². The molecule has 0 atom stereocenters. The number of methoxy groups -OCH3 is 1. The maximum atomic E-state index is 11.8. The van der Waals surface area contributed by atoms with Gasteiger partial charge in [0.25, 0.3) is 0 Å². The third-order valence-electron chi connectivity index (χ3n) is 3.04. The Morgan fingerprint density at radius 2 is 2.32 bits per heavy atom. The molecule has 0 unspecified atom stereocenters. The summed E-state index contributed by atoms with van der Waals surface area (Å²) < 4.78 is 6.44. The van der Waals surface area contributed by atoms with Gasteiger partial charge in [0.15, 0.2) is 5.82 Å². The highest BCUT2D eigenvalue weighted by Gasteiger charge is 2.26. The van der Waals surface area contributed by atoms with Crippen molar-refractivity contribution in [2.24, 2.45) is 5.92 Å². The number of hydrogen-bond donors (Lipinski definition) is 3. The first-order chi connectivity index (χ1) is 9.02. The van der Waals surface area contributed by atoms with E-state index in [-0.39, 0.29) is 6.04 Å². The molecule has 1 saturated heterocycles. The van der Waals surface area contributed by atoms with Crippen molar-refractivity contribution in [2.45, 2.75) is 26.4 Å². The summed E-state index contributed by atoms with van der Waals surface area (Å²) in [7, 11) is 1.34. The molecule has 0 saturated carbocycles. The van der Waals surface area contributed by atoms with Crippen molar-refractivity contribution in [3.8, 4) is 0 Å². The number of rotatable bonds is 5. The zero-order valence-corrected chi connectivity index (χ0v) is 11.6. The van der Waals surface area contributed by atoms with E-state index in [4.69, 9.17) is 10.5 Å². The summed E-state index contributed by atoms with van der Waals surface area (Å²) in [6, 6.07) is 0.283. The second-order valence-electron chi connectivity index (χ2n) is 5.18. The lowest BCUT2D eigenvalue weighted by Crippen LogP contribution is -2.51. The molecule has 106 valence electrons. The SMILES string of the molecule is COC(=O)c1c(NC2CNC2)nn(CC(C)C)c1N. The molecule has 4 N–H and O–H groups in total. The normalized spacial score (nSPS) is 15.4. The van der Waals surface area contributed by atoms with Crippen LogP contribution in [0.15, 0.2) is 0 Å². The molecule has 2 rings (SSSR count). The number of carbonyl (C=O) groups is 1. The number of esters is 1. The summed E-state index contributed by atoms with van der Waals surface area (Å²) in [5, 5.41) is 10.8. The standard InChI is InChI=1S/C12H21N5O2/c1-7(2)6-17-10(13)9(12(18)19-3)11(16-17)15-8-4-14-5-8/h7-8,14H,4-6,13H2,1-3H3,(H,15,16). The van der Waals surface area contributed by atoms with Gasteiger partial charge < -0.3 is 21.1 Å². The maximum Gasteiger partial charge on any atom is 0.345 e. The van der Waals surface area contributed by atoms with Crippen LogP contribution in [0.25, 0.3) is 0 Å². The molecular weight excluding hydrogens is 246 g/mol. The van der Waals surface area contributed by atoms with Crippen LogP contribution in [0, 0.1) is 5.92 Å². The van der Waals surface area contributed by atoms with E-state index >= 15 is 0 Å². The summed E-state index contributed by atoms with van der Waals surface area (Å²) in [6.07, 6.45) is 0. The third kappa shape index (κ3) is 2.81. The molecule has 7 nitrogen and oxygen atoms in total. The topological polar surface area (TPSA) is 94.2 Å². The van der Waals surface area contributed by atoms with E-state index in [2.05, 4.69) is 29.6 Å². The Labute approximate surface area is 112 Å². The summed E-state index contributed by atoms with van der Waals surface area (Å²) in [5.74, 6) is 0.806. The van der Waals surface area contributed by atoms with E-state index in [1.807, 2.05) is 0 Å². The number of nitrogens with one attached hydrogen (secondary N) is 2. The average Bonchev–Trinajstić information content (AvgIpc) is 2.59. The van der Waals surface area contributed by atoms with Crippen LogP contribution in [0.3, 0.4) is 0 Å². The summed E-state index contributed by atoms with van der Waals surface area (Å²) in [5.41, 5.74) is 6.34. The number of nitrogen functional groups attached to an aromatic ring is 1. The van der Waals surface area contributed by atoms with Crippen LogP contribution in [-0.4, -0.2) is 42.0 Å². The number of anilines is 2. The number of ether oxygens (including phenoxy) is 1. The largest absolute Gasteiger partial charge is 0.465 e. The maximum absolute atomic E-state index is 11.8. The lowest BCUT2D eigenvalue weighted by Gasteiger charge is -2.28. The predicted octanol–water partition coefficient (Wildman–Crippen LogP) is 0.292. The van der Waals surface area contributed by atoms with Crippen LogP contribution in [0.1, 0.15) is 24.2 Å². The number of nitrogens with zero attached hydrogens (tertiary/aromatic N) is 2. The van der Waals surface area contributed by atoms with Gasteiger partial charge in [-0.15, -0.1) is 0 Å². The molecule has 1 aliphatic heterocycles. The molecule has 1 aromatic heterocycles. The van der Waals surface area contributed by atoms with Crippen molar-refractivity contribution in [3.05, 3.63) is 5.56 Å². The minimum Gasteiger partial charge on any atom is -0.465 e. The van der Waals surface area contributed by atoms with Crippen LogP contribution in [0.4, 0.5) is 11.6 Å². The van der Waals surface area contributed by atoms with Gasteiger partial charge in [-0.3, -0.25) is 0 Å². The molecule has 0 spiro atoms. The van der Waals surface area contributed by atoms with Crippen molar-refractivity contribution < 1.29 is 9.53 Å². The van der Waals surface area contributed by atoms with Gasteiger partial charge in [0.05, 0.1) is 13.2 Å². The van der Waals surface area contributed by atoms with E-state index in [1.54, 1.807) is 4.68 Å². The second kappa shape index (κ2) is 5.48. The van der Waals surface area contributed by atoms with Crippen molar-refractivity contribution in [2.75, 3.05) is 31.2 Å². The smallest absolute Gasteiger partial charge is 0.345 e. The van der Waals surface area contributed by atoms with E-state index in [9.17, 15) is 4.79 Å². The average molecular weight is 267 g/mol. The Bertz CT molecular complexity index is 465. The fraction of sp³-hybridized carbons (Fsp3) is 0.667. The molecular formula is C12H21N5O2. The van der Waals surface area contributed by atoms with Crippen molar-refractivity contribution in [1.29, 1.82) is 0 Å². The Balaban J connectivity index is 2.29. The van der Waals surface area contributed by atoms with E-state index < -0.39 is 5.97 Å². The van der Waals surface area contributed by atoms with Crippen molar-refractivity contribution in [1.82, 2.24) is 15.1 Å². The van der Waals surface area contributed by atoms with Crippen LogP contribution < -0.4 is 16.4 Å². The summed E-state index contributed by atoms with van der Waals surface area (Å²) in [4.78, 5) is 11.8. The van der Waals surface area contributed by atoms with Gasteiger partial charge in [-0.05, 0) is 5.92 Å². The number of aromatic nitrogens is 2. The second-order valence-corrected chi connectivity index (χ2v) is 5.18. The van der Waals surface area contributed by atoms with Gasteiger partial charge in [0, 0.05) is 19.6 Å². The van der Waals surface area contributed by atoms with Crippen LogP contribution in [0.5, 0.6) is 0 Å². The molecule has 2 heterocycles. The minimum atomic E-state index is -0.456.